The van der Waals surface area contributed by atoms with Crippen molar-refractivity contribution in [3.05, 3.63) is 106 Å². The lowest BCUT2D eigenvalue weighted by Crippen LogP contribution is -2.05. The van der Waals surface area contributed by atoms with Gasteiger partial charge in [-0.05, 0) is 67.6 Å². The fraction of sp³-hybridized carbons (Fsp3) is 0.0385. The van der Waals surface area contributed by atoms with Crippen molar-refractivity contribution in [3.63, 3.8) is 0 Å². The van der Waals surface area contributed by atoms with Crippen molar-refractivity contribution in [1.82, 2.24) is 4.98 Å². The first-order valence-electron chi connectivity index (χ1n) is 9.98. The molecule has 0 atom stereocenters. The smallest absolute Gasteiger partial charge is 0.363 e. The van der Waals surface area contributed by atoms with Crippen LogP contribution in [0.4, 0.5) is 0 Å². The fourth-order valence-corrected chi connectivity index (χ4v) is 4.36. The molecule has 0 radical (unpaired) electrons. The lowest BCUT2D eigenvalue weighted by molar-refractivity contribution is -0.129. The number of aromatic nitrogens is 1. The maximum atomic E-state index is 12.5. The van der Waals surface area contributed by atoms with Gasteiger partial charge in [-0.1, -0.05) is 53.2 Å². The molecular weight excluding hydrogens is 440 g/mol. The van der Waals surface area contributed by atoms with Gasteiger partial charge in [0.25, 0.3) is 0 Å². The monoisotopic (exact) mass is 456 g/mol. The number of aryl methyl sites for hydroxylation is 1. The summed E-state index contributed by atoms with van der Waals surface area (Å²) in [4.78, 5) is 22.8. The van der Waals surface area contributed by atoms with E-state index in [9.17, 15) is 4.79 Å². The molecule has 4 nitrogen and oxygen atoms in total. The number of halogens is 1. The summed E-state index contributed by atoms with van der Waals surface area (Å²) in [6.07, 6.45) is 1.74. The molecule has 0 spiro atoms. The number of nitrogens with zero attached hydrogens (tertiary/aromatic N) is 2. The minimum Gasteiger partial charge on any atom is -0.402 e. The molecule has 0 amide bonds. The molecule has 1 aliphatic heterocycles. The largest absolute Gasteiger partial charge is 0.402 e. The van der Waals surface area contributed by atoms with Crippen molar-refractivity contribution in [3.8, 4) is 0 Å². The van der Waals surface area contributed by atoms with Gasteiger partial charge < -0.3 is 4.74 Å². The maximum absolute atomic E-state index is 12.5. The molecule has 0 saturated carbocycles. The van der Waals surface area contributed by atoms with E-state index in [1.165, 1.54) is 11.8 Å². The van der Waals surface area contributed by atoms with Crippen molar-refractivity contribution >= 4 is 52.2 Å². The van der Waals surface area contributed by atoms with E-state index in [0.29, 0.717) is 10.9 Å². The van der Waals surface area contributed by atoms with Gasteiger partial charge in [0.2, 0.25) is 5.90 Å². The average molecular weight is 457 g/mol. The number of esters is 1. The third-order valence-corrected chi connectivity index (χ3v) is 6.20. The molecular formula is C26H17ClN2O2S. The highest BCUT2D eigenvalue weighted by molar-refractivity contribution is 7.99. The second kappa shape index (κ2) is 8.61. The molecule has 6 heteroatoms. The Morgan fingerprint density at radius 1 is 0.969 bits per heavy atom. The molecule has 5 rings (SSSR count). The van der Waals surface area contributed by atoms with Gasteiger partial charge in [-0.25, -0.2) is 14.8 Å². The van der Waals surface area contributed by atoms with Gasteiger partial charge in [0.15, 0.2) is 5.70 Å². The van der Waals surface area contributed by atoms with Gasteiger partial charge in [0, 0.05) is 26.4 Å². The van der Waals surface area contributed by atoms with Crippen LogP contribution >= 0.6 is 23.4 Å². The van der Waals surface area contributed by atoms with E-state index in [0.717, 1.165) is 37.5 Å². The maximum Gasteiger partial charge on any atom is 0.363 e. The van der Waals surface area contributed by atoms with Crippen LogP contribution in [0.25, 0.3) is 17.0 Å². The van der Waals surface area contributed by atoms with E-state index >= 15 is 0 Å². The van der Waals surface area contributed by atoms with E-state index in [4.69, 9.17) is 21.3 Å². The Morgan fingerprint density at radius 3 is 2.53 bits per heavy atom. The highest BCUT2D eigenvalue weighted by atomic mass is 35.5. The number of hydrogen-bond donors (Lipinski definition) is 0. The SMILES string of the molecule is Cc1ccc2nc(Sc3ccc(Cl)cc3)c(/C=C3/N=C(c4ccccc4)OC3=O)cc2c1. The fourth-order valence-electron chi connectivity index (χ4n) is 3.35. The molecule has 32 heavy (non-hydrogen) atoms. The van der Waals surface area contributed by atoms with Crippen molar-refractivity contribution < 1.29 is 9.53 Å². The third kappa shape index (κ3) is 4.31. The Balaban J connectivity index is 1.60. The minimum absolute atomic E-state index is 0.246. The number of pyridine rings is 1. The van der Waals surface area contributed by atoms with Gasteiger partial charge >= 0.3 is 5.97 Å². The summed E-state index contributed by atoms with van der Waals surface area (Å²) in [5.41, 5.74) is 3.83. The van der Waals surface area contributed by atoms with Crippen molar-refractivity contribution in [1.29, 1.82) is 0 Å². The molecule has 0 N–H and O–H groups in total. The molecule has 4 aromatic rings. The van der Waals surface area contributed by atoms with Crippen molar-refractivity contribution in [2.75, 3.05) is 0 Å². The molecule has 0 bridgehead atoms. The van der Waals surface area contributed by atoms with Gasteiger partial charge in [-0.15, -0.1) is 0 Å². The summed E-state index contributed by atoms with van der Waals surface area (Å²) < 4.78 is 5.41. The van der Waals surface area contributed by atoms with Gasteiger partial charge in [-0.2, -0.15) is 0 Å². The van der Waals surface area contributed by atoms with Crippen LogP contribution < -0.4 is 0 Å². The lowest BCUT2D eigenvalue weighted by Gasteiger charge is -2.09. The Bertz CT molecular complexity index is 1400. The third-order valence-electron chi connectivity index (χ3n) is 4.92. The first-order valence-corrected chi connectivity index (χ1v) is 11.2. The first kappa shape index (κ1) is 20.5. The van der Waals surface area contributed by atoms with Gasteiger partial charge in [-0.3, -0.25) is 0 Å². The summed E-state index contributed by atoms with van der Waals surface area (Å²) in [5, 5.41) is 2.44. The summed E-state index contributed by atoms with van der Waals surface area (Å²) in [6.45, 7) is 2.04. The summed E-state index contributed by atoms with van der Waals surface area (Å²) in [7, 11) is 0. The molecule has 0 saturated heterocycles. The first-order chi connectivity index (χ1) is 15.5. The summed E-state index contributed by atoms with van der Waals surface area (Å²) in [5.74, 6) is -0.172. The predicted molar refractivity (Wildman–Crippen MR) is 129 cm³/mol. The Hall–Kier alpha value is -3.41. The van der Waals surface area contributed by atoms with Crippen LogP contribution in [0.15, 0.2) is 99.5 Å². The zero-order valence-electron chi connectivity index (χ0n) is 17.1. The van der Waals surface area contributed by atoms with Crippen LogP contribution in [0.2, 0.25) is 5.02 Å². The zero-order valence-corrected chi connectivity index (χ0v) is 18.7. The number of cyclic esters (lactones) is 1. The standard InChI is InChI=1S/C26H17ClN2O2S/c1-16-7-12-22-18(13-16)14-19(25(29-22)32-21-10-8-20(27)9-11-21)15-23-26(30)31-24(28-23)17-5-3-2-4-6-17/h2-15H,1H3/b23-15+. The van der Waals surface area contributed by atoms with E-state index in [2.05, 4.69) is 11.1 Å². The van der Waals surface area contributed by atoms with Crippen LogP contribution in [-0.2, 0) is 9.53 Å². The van der Waals surface area contributed by atoms with Crippen LogP contribution in [0, 0.1) is 6.92 Å². The van der Waals surface area contributed by atoms with Gasteiger partial charge in [0.1, 0.15) is 5.03 Å². The molecule has 156 valence electrons. The highest BCUT2D eigenvalue weighted by Crippen LogP contribution is 2.34. The molecule has 0 fully saturated rings. The molecule has 1 aromatic heterocycles. The number of aliphatic imine (C=N–C) groups is 1. The molecule has 0 aliphatic carbocycles. The van der Waals surface area contributed by atoms with Crippen molar-refractivity contribution in [2.45, 2.75) is 16.8 Å². The number of carbonyl (C=O) groups is 1. The number of fused-ring (bicyclic) bond motifs is 1. The van der Waals surface area contributed by atoms with Gasteiger partial charge in [0.05, 0.1) is 5.52 Å². The summed E-state index contributed by atoms with van der Waals surface area (Å²) >= 11 is 7.54. The zero-order chi connectivity index (χ0) is 22.1. The van der Waals surface area contributed by atoms with Crippen LogP contribution in [0.5, 0.6) is 0 Å². The number of hydrogen-bond acceptors (Lipinski definition) is 5. The van der Waals surface area contributed by atoms with E-state index < -0.39 is 5.97 Å². The highest BCUT2D eigenvalue weighted by Gasteiger charge is 2.24. The van der Waals surface area contributed by atoms with E-state index in [-0.39, 0.29) is 5.70 Å². The molecule has 3 aromatic carbocycles. The second-order valence-corrected chi connectivity index (χ2v) is 8.84. The summed E-state index contributed by atoms with van der Waals surface area (Å²) in [6, 6.07) is 25.1. The topological polar surface area (TPSA) is 51.6 Å². The Morgan fingerprint density at radius 2 is 1.75 bits per heavy atom. The van der Waals surface area contributed by atoms with Crippen LogP contribution in [-0.4, -0.2) is 16.9 Å². The number of rotatable bonds is 4. The number of ether oxygens (including phenoxy) is 1. The predicted octanol–water partition coefficient (Wildman–Crippen LogP) is 6.69. The van der Waals surface area contributed by atoms with Crippen LogP contribution in [0.1, 0.15) is 16.7 Å². The minimum atomic E-state index is -0.476. The average Bonchev–Trinajstić information content (AvgIpc) is 3.16. The quantitative estimate of drug-likeness (QED) is 0.253. The Kier molecular flexibility index (Phi) is 5.52. The lowest BCUT2D eigenvalue weighted by atomic mass is 10.1. The van der Waals surface area contributed by atoms with Crippen molar-refractivity contribution in [2.24, 2.45) is 4.99 Å². The van der Waals surface area contributed by atoms with E-state index in [1.54, 1.807) is 6.08 Å². The Labute approximate surface area is 194 Å². The molecule has 0 unspecified atom stereocenters. The molecule has 1 aliphatic rings. The normalized spacial score (nSPS) is 14.6. The molecule has 2 heterocycles. The number of benzene rings is 3. The van der Waals surface area contributed by atoms with Crippen LogP contribution in [0.3, 0.4) is 0 Å². The number of carbonyl (C=O) groups excluding carboxylic acids is 1. The van der Waals surface area contributed by atoms with E-state index in [1.807, 2.05) is 79.7 Å². The second-order valence-electron chi connectivity index (χ2n) is 7.34.